The maximum atomic E-state index is 13.4. The summed E-state index contributed by atoms with van der Waals surface area (Å²) in [7, 11) is 0. The summed E-state index contributed by atoms with van der Waals surface area (Å²) in [6, 6.07) is 1.00. The minimum absolute atomic E-state index is 0.00102. The molecule has 2 rings (SSSR count). The number of carboxylic acid groups (broad SMARTS) is 1. The molecule has 2 aromatic rings. The number of aliphatic hydroxyl groups excluding tert-OH is 1. The van der Waals surface area contributed by atoms with Gasteiger partial charge in [0.05, 0.1) is 18.5 Å². The van der Waals surface area contributed by atoms with Gasteiger partial charge in [-0.3, -0.25) is 14.4 Å². The number of nitrogens with two attached hydrogens (primary N) is 1. The van der Waals surface area contributed by atoms with E-state index in [1.54, 1.807) is 12.1 Å². The fourth-order valence-corrected chi connectivity index (χ4v) is 3.71. The number of nitrogens with one attached hydrogen (secondary N) is 4. The number of carbonyl (C=O) groups is 4. The quantitative estimate of drug-likeness (QED) is 0.152. The maximum absolute atomic E-state index is 13.4. The Hall–Kier alpha value is -3.97. The van der Waals surface area contributed by atoms with Gasteiger partial charge in [-0.15, -0.1) is 0 Å². The number of phenolic OH excluding ortho intramolecular Hbond substituents is 1. The van der Waals surface area contributed by atoms with Gasteiger partial charge < -0.3 is 42.0 Å². The van der Waals surface area contributed by atoms with Crippen LogP contribution in [0.3, 0.4) is 0 Å². The summed E-state index contributed by atoms with van der Waals surface area (Å²) >= 11 is 0. The molecule has 0 saturated carbocycles. The van der Waals surface area contributed by atoms with E-state index in [9.17, 15) is 34.5 Å². The first-order valence-corrected chi connectivity index (χ1v) is 12.2. The third-order valence-corrected chi connectivity index (χ3v) is 5.73. The van der Waals surface area contributed by atoms with Crippen LogP contribution in [0.5, 0.6) is 5.75 Å². The zero-order chi connectivity index (χ0) is 28.4. The molecule has 1 aromatic carbocycles. The molecule has 0 aliphatic carbocycles. The Labute approximate surface area is 220 Å². The monoisotopic (exact) mass is 532 g/mol. The molecule has 5 unspecified atom stereocenters. The van der Waals surface area contributed by atoms with Crippen molar-refractivity contribution in [2.75, 3.05) is 0 Å². The second-order valence-electron chi connectivity index (χ2n) is 9.58. The molecule has 0 aliphatic rings. The Morgan fingerprint density at radius 3 is 2.05 bits per heavy atom. The summed E-state index contributed by atoms with van der Waals surface area (Å²) in [5.41, 5.74) is 7.09. The van der Waals surface area contributed by atoms with Gasteiger partial charge in [0.25, 0.3) is 0 Å². The molecule has 1 aromatic heterocycles. The summed E-state index contributed by atoms with van der Waals surface area (Å²) in [4.78, 5) is 57.5. The van der Waals surface area contributed by atoms with E-state index in [1.807, 2.05) is 13.8 Å². The largest absolute Gasteiger partial charge is 0.508 e. The van der Waals surface area contributed by atoms with E-state index in [-0.39, 0.29) is 24.5 Å². The van der Waals surface area contributed by atoms with Crippen LogP contribution in [0.15, 0.2) is 36.8 Å². The Morgan fingerprint density at radius 2 is 1.53 bits per heavy atom. The lowest BCUT2D eigenvalue weighted by Gasteiger charge is -2.26. The lowest BCUT2D eigenvalue weighted by molar-refractivity contribution is -0.145. The molecule has 0 fully saturated rings. The van der Waals surface area contributed by atoms with Crippen LogP contribution in [0.25, 0.3) is 0 Å². The molecule has 1 heterocycles. The van der Waals surface area contributed by atoms with Crippen LogP contribution in [0.2, 0.25) is 0 Å². The van der Waals surface area contributed by atoms with Gasteiger partial charge >= 0.3 is 5.97 Å². The predicted octanol–water partition coefficient (Wildman–Crippen LogP) is -0.806. The number of amides is 3. The minimum Gasteiger partial charge on any atom is -0.508 e. The van der Waals surface area contributed by atoms with Crippen molar-refractivity contribution in [2.45, 2.75) is 70.3 Å². The number of carbonyl (C=O) groups excluding carboxylic acids is 3. The number of aliphatic hydroxyl groups is 1. The zero-order valence-corrected chi connectivity index (χ0v) is 21.5. The standard InChI is InChI=1S/C25H36N6O7/c1-13(2)8-18(26)22(34)29-20(10-16-11-27-12-28-16)23(35)30-19(9-15-4-6-17(33)7-5-15)24(36)31-21(14(3)32)25(37)38/h4-7,11-14,18-21,32-33H,8-10,26H2,1-3H3,(H,27,28)(H,29,34)(H,30,35)(H,31,36)(H,37,38). The SMILES string of the molecule is CC(C)CC(N)C(=O)NC(Cc1cnc[nH]1)C(=O)NC(Cc1ccc(O)cc1)C(=O)NC(C(=O)O)C(C)O. The third kappa shape index (κ3) is 9.48. The molecule has 9 N–H and O–H groups in total. The van der Waals surface area contributed by atoms with Crippen molar-refractivity contribution < 1.29 is 34.5 Å². The number of nitrogens with zero attached hydrogens (tertiary/aromatic N) is 1. The minimum atomic E-state index is -1.61. The van der Waals surface area contributed by atoms with Crippen molar-refractivity contribution in [3.05, 3.63) is 48.0 Å². The average Bonchev–Trinajstić information content (AvgIpc) is 3.35. The molecule has 13 nitrogen and oxygen atoms in total. The summed E-state index contributed by atoms with van der Waals surface area (Å²) in [5.74, 6) is -3.43. The highest BCUT2D eigenvalue weighted by Crippen LogP contribution is 2.12. The van der Waals surface area contributed by atoms with Crippen LogP contribution in [0, 0.1) is 5.92 Å². The van der Waals surface area contributed by atoms with Gasteiger partial charge in [0.1, 0.15) is 17.8 Å². The van der Waals surface area contributed by atoms with Crippen LogP contribution in [-0.2, 0) is 32.0 Å². The number of imidazole rings is 1. The number of phenols is 1. The molecule has 0 spiro atoms. The predicted molar refractivity (Wildman–Crippen MR) is 137 cm³/mol. The van der Waals surface area contributed by atoms with Crippen molar-refractivity contribution >= 4 is 23.7 Å². The first-order chi connectivity index (χ1) is 17.9. The number of hydrogen-bond donors (Lipinski definition) is 8. The summed E-state index contributed by atoms with van der Waals surface area (Å²) in [6.45, 7) is 5.03. The van der Waals surface area contributed by atoms with Crippen LogP contribution in [-0.4, -0.2) is 79.2 Å². The average molecular weight is 533 g/mol. The van der Waals surface area contributed by atoms with Gasteiger partial charge in [0.15, 0.2) is 6.04 Å². The van der Waals surface area contributed by atoms with Crippen molar-refractivity contribution in [3.63, 3.8) is 0 Å². The fraction of sp³-hybridized carbons (Fsp3) is 0.480. The summed E-state index contributed by atoms with van der Waals surface area (Å²) in [6.07, 6.45) is 1.84. The number of aromatic amines is 1. The molecule has 13 heteroatoms. The third-order valence-electron chi connectivity index (χ3n) is 5.73. The molecule has 5 atom stereocenters. The normalized spacial score (nSPS) is 15.1. The van der Waals surface area contributed by atoms with Gasteiger partial charge in [-0.2, -0.15) is 0 Å². The summed E-state index contributed by atoms with van der Waals surface area (Å²) in [5, 5.41) is 36.2. The lowest BCUT2D eigenvalue weighted by atomic mass is 10.0. The Kier molecular flexibility index (Phi) is 11.2. The number of rotatable bonds is 14. The molecule has 208 valence electrons. The van der Waals surface area contributed by atoms with Gasteiger partial charge in [-0.25, -0.2) is 9.78 Å². The van der Waals surface area contributed by atoms with E-state index >= 15 is 0 Å². The van der Waals surface area contributed by atoms with Gasteiger partial charge in [-0.05, 0) is 37.0 Å². The molecule has 0 aliphatic heterocycles. The number of hydrogen-bond acceptors (Lipinski definition) is 8. The second kappa shape index (κ2) is 14.1. The highest BCUT2D eigenvalue weighted by Gasteiger charge is 2.32. The number of aromatic hydroxyl groups is 1. The van der Waals surface area contributed by atoms with Crippen molar-refractivity contribution in [1.82, 2.24) is 25.9 Å². The Balaban J connectivity index is 2.29. The Bertz CT molecular complexity index is 1070. The molecule has 0 bridgehead atoms. The topological polar surface area (TPSA) is 220 Å². The number of H-pyrrole nitrogens is 1. The molecule has 0 saturated heterocycles. The maximum Gasteiger partial charge on any atom is 0.328 e. The zero-order valence-electron chi connectivity index (χ0n) is 21.5. The van der Waals surface area contributed by atoms with E-state index in [0.29, 0.717) is 17.7 Å². The number of aliphatic carboxylic acids is 1. The van der Waals surface area contributed by atoms with E-state index < -0.39 is 54.0 Å². The highest BCUT2D eigenvalue weighted by atomic mass is 16.4. The van der Waals surface area contributed by atoms with E-state index in [0.717, 1.165) is 0 Å². The molecular formula is C25H36N6O7. The number of carboxylic acids is 1. The van der Waals surface area contributed by atoms with E-state index in [4.69, 9.17) is 5.73 Å². The Morgan fingerprint density at radius 1 is 0.947 bits per heavy atom. The van der Waals surface area contributed by atoms with Crippen molar-refractivity contribution in [3.8, 4) is 5.75 Å². The molecular weight excluding hydrogens is 496 g/mol. The van der Waals surface area contributed by atoms with Crippen LogP contribution in [0.1, 0.15) is 38.4 Å². The smallest absolute Gasteiger partial charge is 0.328 e. The lowest BCUT2D eigenvalue weighted by Crippen LogP contribution is -2.59. The molecule has 3 amide bonds. The number of benzene rings is 1. The first-order valence-electron chi connectivity index (χ1n) is 12.2. The van der Waals surface area contributed by atoms with E-state index in [1.165, 1.54) is 31.6 Å². The molecule has 38 heavy (non-hydrogen) atoms. The fourth-order valence-electron chi connectivity index (χ4n) is 3.71. The first kappa shape index (κ1) is 30.3. The highest BCUT2D eigenvalue weighted by molar-refractivity contribution is 5.94. The van der Waals surface area contributed by atoms with Crippen molar-refractivity contribution in [1.29, 1.82) is 0 Å². The molecule has 0 radical (unpaired) electrons. The van der Waals surface area contributed by atoms with Crippen molar-refractivity contribution in [2.24, 2.45) is 11.7 Å². The van der Waals surface area contributed by atoms with Gasteiger partial charge in [-0.1, -0.05) is 26.0 Å². The van der Waals surface area contributed by atoms with Gasteiger partial charge in [0, 0.05) is 24.7 Å². The van der Waals surface area contributed by atoms with Crippen LogP contribution in [0.4, 0.5) is 0 Å². The van der Waals surface area contributed by atoms with Gasteiger partial charge in [0.2, 0.25) is 17.7 Å². The van der Waals surface area contributed by atoms with E-state index in [2.05, 4.69) is 25.9 Å². The summed E-state index contributed by atoms with van der Waals surface area (Å²) < 4.78 is 0. The van der Waals surface area contributed by atoms with Crippen LogP contribution < -0.4 is 21.7 Å². The number of aromatic nitrogens is 2. The van der Waals surface area contributed by atoms with Crippen LogP contribution >= 0.6 is 0 Å². The second-order valence-corrected chi connectivity index (χ2v) is 9.58.